The number of hydrazone groups is 1. The van der Waals surface area contributed by atoms with Crippen LogP contribution in [0.15, 0.2) is 53.6 Å². The lowest BCUT2D eigenvalue weighted by Gasteiger charge is -2.12. The lowest BCUT2D eigenvalue weighted by Crippen LogP contribution is -2.29. The summed E-state index contributed by atoms with van der Waals surface area (Å²) in [7, 11) is 0. The molecule has 128 valence electrons. The van der Waals surface area contributed by atoms with E-state index in [-0.39, 0.29) is 0 Å². The minimum absolute atomic E-state index is 0.356. The van der Waals surface area contributed by atoms with Gasteiger partial charge in [-0.05, 0) is 17.7 Å². The van der Waals surface area contributed by atoms with E-state index in [4.69, 9.17) is 4.74 Å². The quantitative estimate of drug-likeness (QED) is 0.802. The van der Waals surface area contributed by atoms with Crippen LogP contribution in [-0.2, 0) is 9.53 Å². The standard InChI is InChI=1S/C18H14F2N2O3/c19-13-7-4-8-14(20)17(13)18(24)25-11-16(23)22-10-9-15(21-22)12-5-2-1-3-6-12/h1-8H,9-11H2. The molecule has 0 N–H and O–H groups in total. The van der Waals surface area contributed by atoms with Crippen LogP contribution in [0.4, 0.5) is 8.78 Å². The summed E-state index contributed by atoms with van der Waals surface area (Å²) in [4.78, 5) is 23.9. The van der Waals surface area contributed by atoms with E-state index in [0.29, 0.717) is 13.0 Å². The number of carbonyl (C=O) groups is 2. The molecule has 0 fully saturated rings. The molecule has 7 heteroatoms. The Labute approximate surface area is 142 Å². The first-order valence-corrected chi connectivity index (χ1v) is 7.60. The number of hydrogen-bond acceptors (Lipinski definition) is 4. The van der Waals surface area contributed by atoms with Crippen LogP contribution < -0.4 is 0 Å². The van der Waals surface area contributed by atoms with E-state index >= 15 is 0 Å². The molecule has 0 spiro atoms. The van der Waals surface area contributed by atoms with Gasteiger partial charge in [-0.2, -0.15) is 5.10 Å². The molecule has 3 rings (SSSR count). The minimum Gasteiger partial charge on any atom is -0.452 e. The Bertz CT molecular complexity index is 817. The van der Waals surface area contributed by atoms with Gasteiger partial charge in [0.25, 0.3) is 5.91 Å². The highest BCUT2D eigenvalue weighted by Crippen LogP contribution is 2.15. The zero-order chi connectivity index (χ0) is 17.8. The van der Waals surface area contributed by atoms with Gasteiger partial charge in [0.1, 0.15) is 17.2 Å². The van der Waals surface area contributed by atoms with Crippen LogP contribution >= 0.6 is 0 Å². The third-order valence-electron chi connectivity index (χ3n) is 3.69. The van der Waals surface area contributed by atoms with Gasteiger partial charge in [0.2, 0.25) is 0 Å². The van der Waals surface area contributed by atoms with Crippen molar-refractivity contribution in [1.29, 1.82) is 0 Å². The summed E-state index contributed by atoms with van der Waals surface area (Å²) < 4.78 is 31.7. The molecule has 1 aliphatic rings. The Hall–Kier alpha value is -3.09. The van der Waals surface area contributed by atoms with Gasteiger partial charge < -0.3 is 4.74 Å². The molecule has 0 saturated carbocycles. The summed E-state index contributed by atoms with van der Waals surface area (Å²) >= 11 is 0. The molecule has 0 saturated heterocycles. The number of hydrogen-bond donors (Lipinski definition) is 0. The van der Waals surface area contributed by atoms with Crippen molar-refractivity contribution in [2.75, 3.05) is 13.2 Å². The molecule has 1 heterocycles. The number of esters is 1. The molecule has 1 aliphatic heterocycles. The zero-order valence-corrected chi connectivity index (χ0v) is 13.1. The van der Waals surface area contributed by atoms with E-state index in [1.165, 1.54) is 5.01 Å². The topological polar surface area (TPSA) is 59.0 Å². The van der Waals surface area contributed by atoms with Crippen molar-refractivity contribution in [2.24, 2.45) is 5.10 Å². The molecule has 0 unspecified atom stereocenters. The van der Waals surface area contributed by atoms with Crippen molar-refractivity contribution in [2.45, 2.75) is 6.42 Å². The number of benzene rings is 2. The van der Waals surface area contributed by atoms with Crippen LogP contribution in [0, 0.1) is 11.6 Å². The number of halogens is 2. The van der Waals surface area contributed by atoms with Crippen molar-refractivity contribution < 1.29 is 23.1 Å². The van der Waals surface area contributed by atoms with Gasteiger partial charge in [0.15, 0.2) is 6.61 Å². The largest absolute Gasteiger partial charge is 0.452 e. The molecule has 1 amide bonds. The summed E-state index contributed by atoms with van der Waals surface area (Å²) in [5.41, 5.74) is 0.842. The molecule has 0 bridgehead atoms. The second-order valence-corrected chi connectivity index (χ2v) is 5.35. The molecule has 0 aromatic heterocycles. The highest BCUT2D eigenvalue weighted by atomic mass is 19.1. The van der Waals surface area contributed by atoms with Gasteiger partial charge in [0.05, 0.1) is 12.3 Å². The Balaban J connectivity index is 1.62. The van der Waals surface area contributed by atoms with Crippen molar-refractivity contribution in [1.82, 2.24) is 5.01 Å². The van der Waals surface area contributed by atoms with Crippen LogP contribution in [0.25, 0.3) is 0 Å². The van der Waals surface area contributed by atoms with Crippen molar-refractivity contribution in [3.05, 3.63) is 71.3 Å². The van der Waals surface area contributed by atoms with Gasteiger partial charge in [-0.3, -0.25) is 4.79 Å². The second kappa shape index (κ2) is 7.21. The normalized spacial score (nSPS) is 13.5. The maximum absolute atomic E-state index is 13.5. The monoisotopic (exact) mass is 344 g/mol. The van der Waals surface area contributed by atoms with E-state index in [9.17, 15) is 18.4 Å². The predicted molar refractivity (Wildman–Crippen MR) is 85.9 cm³/mol. The predicted octanol–water partition coefficient (Wildman–Crippen LogP) is 2.76. The lowest BCUT2D eigenvalue weighted by atomic mass is 10.1. The minimum atomic E-state index is -1.23. The van der Waals surface area contributed by atoms with Crippen LogP contribution in [0.5, 0.6) is 0 Å². The highest BCUT2D eigenvalue weighted by Gasteiger charge is 2.24. The fourth-order valence-corrected chi connectivity index (χ4v) is 2.44. The fraction of sp³-hybridized carbons (Fsp3) is 0.167. The summed E-state index contributed by atoms with van der Waals surface area (Å²) in [6.45, 7) is -0.285. The third kappa shape index (κ3) is 3.71. The molecular formula is C18H14F2N2O3. The Morgan fingerprint density at radius 2 is 1.72 bits per heavy atom. The SMILES string of the molecule is O=C(OCC(=O)N1CCC(c2ccccc2)=N1)c1c(F)cccc1F. The number of rotatable bonds is 4. The molecule has 2 aromatic rings. The van der Waals surface area contributed by atoms with E-state index in [2.05, 4.69) is 5.10 Å². The molecular weight excluding hydrogens is 330 g/mol. The third-order valence-corrected chi connectivity index (χ3v) is 3.69. The number of nitrogens with zero attached hydrogens (tertiary/aromatic N) is 2. The van der Waals surface area contributed by atoms with E-state index in [1.807, 2.05) is 30.3 Å². The average Bonchev–Trinajstić information content (AvgIpc) is 3.10. The number of carbonyl (C=O) groups excluding carboxylic acids is 2. The maximum Gasteiger partial charge on any atom is 0.344 e. The highest BCUT2D eigenvalue weighted by molar-refractivity contribution is 6.02. The first-order chi connectivity index (χ1) is 12.1. The summed E-state index contributed by atoms with van der Waals surface area (Å²) in [5.74, 6) is -3.86. The maximum atomic E-state index is 13.5. The smallest absolute Gasteiger partial charge is 0.344 e. The van der Waals surface area contributed by atoms with Crippen LogP contribution in [0.2, 0.25) is 0 Å². The molecule has 25 heavy (non-hydrogen) atoms. The molecule has 0 aliphatic carbocycles. The summed E-state index contributed by atoms with van der Waals surface area (Å²) in [6, 6.07) is 12.4. The Kier molecular flexibility index (Phi) is 4.83. The number of ether oxygens (including phenoxy) is 1. The van der Waals surface area contributed by atoms with E-state index in [1.54, 1.807) is 0 Å². The van der Waals surface area contributed by atoms with Gasteiger partial charge in [0, 0.05) is 6.42 Å². The summed E-state index contributed by atoms with van der Waals surface area (Å²) in [5, 5.41) is 5.39. The first-order valence-electron chi connectivity index (χ1n) is 7.60. The van der Waals surface area contributed by atoms with Gasteiger partial charge >= 0.3 is 5.97 Å². The van der Waals surface area contributed by atoms with E-state index in [0.717, 1.165) is 29.5 Å². The molecule has 0 atom stereocenters. The zero-order valence-electron chi connectivity index (χ0n) is 13.1. The average molecular weight is 344 g/mol. The number of amides is 1. The molecule has 2 aromatic carbocycles. The van der Waals surface area contributed by atoms with Crippen LogP contribution in [-0.4, -0.2) is 35.7 Å². The van der Waals surface area contributed by atoms with Crippen molar-refractivity contribution in [3.63, 3.8) is 0 Å². The van der Waals surface area contributed by atoms with Gasteiger partial charge in [-0.15, -0.1) is 0 Å². The van der Waals surface area contributed by atoms with Crippen molar-refractivity contribution in [3.8, 4) is 0 Å². The van der Waals surface area contributed by atoms with Crippen LogP contribution in [0.3, 0.4) is 0 Å². The summed E-state index contributed by atoms with van der Waals surface area (Å²) in [6.07, 6.45) is 0.575. The van der Waals surface area contributed by atoms with Crippen molar-refractivity contribution >= 4 is 17.6 Å². The Morgan fingerprint density at radius 1 is 1.04 bits per heavy atom. The lowest BCUT2D eigenvalue weighted by molar-refractivity contribution is -0.134. The Morgan fingerprint density at radius 3 is 2.40 bits per heavy atom. The van der Waals surface area contributed by atoms with Gasteiger partial charge in [-0.25, -0.2) is 18.6 Å². The first kappa shape index (κ1) is 16.8. The van der Waals surface area contributed by atoms with Crippen LogP contribution in [0.1, 0.15) is 22.3 Å². The molecule has 5 nitrogen and oxygen atoms in total. The van der Waals surface area contributed by atoms with E-state index < -0.39 is 35.7 Å². The molecule has 0 radical (unpaired) electrons. The fourth-order valence-electron chi connectivity index (χ4n) is 2.44. The van der Waals surface area contributed by atoms with Gasteiger partial charge in [-0.1, -0.05) is 36.4 Å². The second-order valence-electron chi connectivity index (χ2n) is 5.35.